The van der Waals surface area contributed by atoms with Gasteiger partial charge in [0.05, 0.1) is 31.5 Å². The monoisotopic (exact) mass is 668 g/mol. The van der Waals surface area contributed by atoms with E-state index in [0.717, 1.165) is 37.0 Å². The van der Waals surface area contributed by atoms with Crippen LogP contribution in [0, 0.1) is 17.8 Å². The molecule has 6 atom stereocenters. The standard InChI is InChI=1S/C29H31BrCl2N2O7/c1-40-19-10-14(11-20(41-2)23(19)35)22-16-8-9-17-21(25(37)34(24(17)36)15-6-4-3-5-7-15)18(16)12-28(31)26(38)33(13-30)27(39)29(22,28)32/h8,10-11,15,17-18,21-22,35H,3-7,9,12-13H2,1-2H3/t17-,18+,21-,22-,28+,29-/m0/s1. The van der Waals surface area contributed by atoms with Gasteiger partial charge in [-0.05, 0) is 49.3 Å². The van der Waals surface area contributed by atoms with E-state index in [4.69, 9.17) is 32.7 Å². The number of hydrogen-bond acceptors (Lipinski definition) is 7. The van der Waals surface area contributed by atoms with Crippen LogP contribution < -0.4 is 9.47 Å². The highest BCUT2D eigenvalue weighted by molar-refractivity contribution is 9.09. The largest absolute Gasteiger partial charge is 0.502 e. The topological polar surface area (TPSA) is 113 Å². The van der Waals surface area contributed by atoms with E-state index in [1.807, 2.05) is 6.08 Å². The number of methoxy groups -OCH3 is 2. The fourth-order valence-corrected chi connectivity index (χ4v) is 9.36. The van der Waals surface area contributed by atoms with Gasteiger partial charge in [0.25, 0.3) is 11.8 Å². The van der Waals surface area contributed by atoms with Crippen LogP contribution in [-0.4, -0.2) is 74.0 Å². The van der Waals surface area contributed by atoms with E-state index in [1.54, 1.807) is 12.1 Å². The number of phenolic OH excluding ortho intramolecular Hbond substituents is 1. The number of carbonyl (C=O) groups excluding carboxylic acids is 4. The zero-order valence-electron chi connectivity index (χ0n) is 22.7. The molecule has 6 rings (SSSR count). The van der Waals surface area contributed by atoms with E-state index in [9.17, 15) is 24.3 Å². The molecule has 3 aliphatic carbocycles. The molecule has 9 nitrogen and oxygen atoms in total. The molecule has 4 fully saturated rings. The number of rotatable bonds is 5. The van der Waals surface area contributed by atoms with Gasteiger partial charge >= 0.3 is 0 Å². The van der Waals surface area contributed by atoms with E-state index in [2.05, 4.69) is 15.9 Å². The summed E-state index contributed by atoms with van der Waals surface area (Å²) in [4.78, 5) is 54.1. The smallest absolute Gasteiger partial charge is 0.254 e. The lowest BCUT2D eigenvalue weighted by Gasteiger charge is -2.50. The molecule has 12 heteroatoms. The molecule has 1 aromatic rings. The van der Waals surface area contributed by atoms with Gasteiger partial charge in [-0.25, -0.2) is 0 Å². The Bertz CT molecular complexity index is 1360. The number of amides is 4. The molecule has 1 N–H and O–H groups in total. The lowest BCUT2D eigenvalue weighted by atomic mass is 9.56. The number of alkyl halides is 3. The predicted molar refractivity (Wildman–Crippen MR) is 153 cm³/mol. The summed E-state index contributed by atoms with van der Waals surface area (Å²) in [5, 5.41) is 10.6. The Kier molecular flexibility index (Phi) is 7.14. The summed E-state index contributed by atoms with van der Waals surface area (Å²) in [6.45, 7) is 0. The molecular formula is C29H31BrCl2N2O7. The number of ether oxygens (including phenoxy) is 2. The maximum absolute atomic E-state index is 14.1. The maximum Gasteiger partial charge on any atom is 0.254 e. The van der Waals surface area contributed by atoms with Gasteiger partial charge in [0.1, 0.15) is 0 Å². The molecule has 2 saturated carbocycles. The van der Waals surface area contributed by atoms with Crippen molar-refractivity contribution in [3.63, 3.8) is 0 Å². The highest BCUT2D eigenvalue weighted by Gasteiger charge is 2.76. The summed E-state index contributed by atoms with van der Waals surface area (Å²) in [5.41, 5.74) is 1.01. The molecule has 0 radical (unpaired) electrons. The van der Waals surface area contributed by atoms with Crippen LogP contribution in [0.3, 0.4) is 0 Å². The summed E-state index contributed by atoms with van der Waals surface area (Å²) in [6.07, 6.45) is 6.72. The number of aromatic hydroxyl groups is 1. The number of likely N-dealkylation sites (tertiary alicyclic amines) is 2. The first kappa shape index (κ1) is 28.8. The SMILES string of the molecule is COc1cc([C@H]2C3=CC[C@@H]4C(=O)N(C5CCCCC5)C(=O)[C@@H]4[C@@H]3C[C@@]3(Cl)C(=O)N(CBr)C(=O)[C@@]23Cl)cc(OC)c1O. The molecule has 2 aliphatic heterocycles. The zero-order valence-corrected chi connectivity index (χ0v) is 25.8. The second-order valence-corrected chi connectivity index (χ2v) is 13.3. The average Bonchev–Trinajstić information content (AvgIpc) is 3.31. The lowest BCUT2D eigenvalue weighted by Crippen LogP contribution is -2.60. The lowest BCUT2D eigenvalue weighted by molar-refractivity contribution is -0.144. The van der Waals surface area contributed by atoms with Crippen molar-refractivity contribution in [1.29, 1.82) is 0 Å². The highest BCUT2D eigenvalue weighted by Crippen LogP contribution is 2.66. The number of halogens is 3. The third-order valence-corrected chi connectivity index (χ3v) is 11.7. The van der Waals surface area contributed by atoms with Gasteiger partial charge in [-0.1, -0.05) is 46.8 Å². The minimum atomic E-state index is -1.95. The van der Waals surface area contributed by atoms with Crippen molar-refractivity contribution >= 4 is 62.8 Å². The first-order chi connectivity index (χ1) is 19.5. The van der Waals surface area contributed by atoms with Crippen molar-refractivity contribution in [1.82, 2.24) is 9.80 Å². The van der Waals surface area contributed by atoms with Crippen molar-refractivity contribution in [2.45, 2.75) is 66.7 Å². The summed E-state index contributed by atoms with van der Waals surface area (Å²) < 4.78 is 10.8. The van der Waals surface area contributed by atoms with Gasteiger partial charge in [-0.2, -0.15) is 0 Å². The summed E-state index contributed by atoms with van der Waals surface area (Å²) in [6, 6.07) is 2.96. The Morgan fingerprint density at radius 2 is 1.61 bits per heavy atom. The Morgan fingerprint density at radius 1 is 0.976 bits per heavy atom. The van der Waals surface area contributed by atoms with Crippen LogP contribution in [0.25, 0.3) is 0 Å². The number of nitrogens with zero attached hydrogens (tertiary/aromatic N) is 2. The molecule has 5 aliphatic rings. The number of carbonyl (C=O) groups is 4. The Hall–Kier alpha value is -2.30. The summed E-state index contributed by atoms with van der Waals surface area (Å²) in [5.74, 6) is -4.65. The van der Waals surface area contributed by atoms with Crippen LogP contribution in [0.15, 0.2) is 23.8 Å². The molecule has 0 bridgehead atoms. The van der Waals surface area contributed by atoms with E-state index in [0.29, 0.717) is 17.6 Å². The van der Waals surface area contributed by atoms with Gasteiger partial charge in [-0.15, -0.1) is 23.2 Å². The van der Waals surface area contributed by atoms with Crippen molar-refractivity contribution in [3.05, 3.63) is 29.3 Å². The van der Waals surface area contributed by atoms with Crippen LogP contribution >= 0.6 is 39.1 Å². The van der Waals surface area contributed by atoms with Gasteiger partial charge in [-0.3, -0.25) is 29.0 Å². The molecule has 0 spiro atoms. The fraction of sp³-hybridized carbons (Fsp3) is 0.586. The third kappa shape index (κ3) is 3.78. The second kappa shape index (κ2) is 10.2. The Morgan fingerprint density at radius 3 is 2.20 bits per heavy atom. The number of imide groups is 2. The Balaban J connectivity index is 1.53. The molecule has 1 aromatic carbocycles. The predicted octanol–water partition coefficient (Wildman–Crippen LogP) is 4.45. The molecule has 220 valence electrons. The molecule has 0 aromatic heterocycles. The van der Waals surface area contributed by atoms with Crippen molar-refractivity contribution in [3.8, 4) is 17.2 Å². The van der Waals surface area contributed by atoms with Gasteiger partial charge in [0, 0.05) is 12.0 Å². The van der Waals surface area contributed by atoms with Crippen LogP contribution in [0.5, 0.6) is 17.2 Å². The van der Waals surface area contributed by atoms with Crippen LogP contribution in [0.4, 0.5) is 0 Å². The highest BCUT2D eigenvalue weighted by atomic mass is 79.9. The average molecular weight is 670 g/mol. The summed E-state index contributed by atoms with van der Waals surface area (Å²) >= 11 is 17.8. The Labute approximate surface area is 256 Å². The molecule has 2 heterocycles. The minimum absolute atomic E-state index is 0.0699. The number of phenols is 1. The van der Waals surface area contributed by atoms with E-state index in [-0.39, 0.29) is 47.0 Å². The van der Waals surface area contributed by atoms with Crippen molar-refractivity contribution in [2.75, 3.05) is 19.7 Å². The van der Waals surface area contributed by atoms with Crippen LogP contribution in [0.2, 0.25) is 0 Å². The number of hydrogen-bond donors (Lipinski definition) is 1. The summed E-state index contributed by atoms with van der Waals surface area (Å²) in [7, 11) is 2.77. The zero-order chi connectivity index (χ0) is 29.4. The maximum atomic E-state index is 14.1. The quantitative estimate of drug-likeness (QED) is 0.213. The van der Waals surface area contributed by atoms with Gasteiger partial charge in [0.2, 0.25) is 17.6 Å². The molecule has 41 heavy (non-hydrogen) atoms. The van der Waals surface area contributed by atoms with Crippen LogP contribution in [0.1, 0.15) is 56.4 Å². The van der Waals surface area contributed by atoms with E-state index < -0.39 is 45.2 Å². The normalized spacial score (nSPS) is 35.3. The number of benzene rings is 1. The number of allylic oxidation sites excluding steroid dienone is 2. The number of fused-ring (bicyclic) bond motifs is 4. The van der Waals surface area contributed by atoms with E-state index >= 15 is 0 Å². The molecular weight excluding hydrogens is 639 g/mol. The van der Waals surface area contributed by atoms with E-state index in [1.165, 1.54) is 19.1 Å². The first-order valence-corrected chi connectivity index (χ1v) is 15.7. The van der Waals surface area contributed by atoms with Crippen LogP contribution in [-0.2, 0) is 19.2 Å². The molecule has 4 amide bonds. The molecule has 2 saturated heterocycles. The molecule has 0 unspecified atom stereocenters. The van der Waals surface area contributed by atoms with Gasteiger partial charge in [0.15, 0.2) is 21.2 Å². The first-order valence-electron chi connectivity index (χ1n) is 13.9. The van der Waals surface area contributed by atoms with Crippen molar-refractivity contribution < 1.29 is 33.8 Å². The second-order valence-electron chi connectivity index (χ2n) is 11.6. The van der Waals surface area contributed by atoms with Gasteiger partial charge < -0.3 is 14.6 Å². The minimum Gasteiger partial charge on any atom is -0.502 e. The third-order valence-electron chi connectivity index (χ3n) is 9.82. The van der Waals surface area contributed by atoms with Crippen molar-refractivity contribution in [2.24, 2.45) is 17.8 Å². The fourth-order valence-electron chi connectivity index (χ4n) is 7.93.